The first-order valence-corrected chi connectivity index (χ1v) is 15.8. The van der Waals surface area contributed by atoms with E-state index in [1.54, 1.807) is 12.1 Å². The third-order valence-corrected chi connectivity index (χ3v) is 9.70. The monoisotopic (exact) mass is 551 g/mol. The number of rotatable bonds is 9. The lowest BCUT2D eigenvalue weighted by Gasteiger charge is -2.41. The van der Waals surface area contributed by atoms with E-state index in [0.717, 1.165) is 44.2 Å². The number of piperidine rings is 1. The fraction of sp³-hybridized carbons (Fsp3) is 0.714. The summed E-state index contributed by atoms with van der Waals surface area (Å²) >= 11 is 0. The largest absolute Gasteiger partial charge is 0.351 e. The molecule has 1 saturated heterocycles. The second kappa shape index (κ2) is 13.0. The van der Waals surface area contributed by atoms with Crippen molar-refractivity contribution in [2.45, 2.75) is 94.0 Å². The van der Waals surface area contributed by atoms with Crippen LogP contribution in [-0.4, -0.2) is 76.3 Å². The van der Waals surface area contributed by atoms with Crippen LogP contribution in [0.25, 0.3) is 0 Å². The third-order valence-electron chi connectivity index (χ3n) is 8.57. The molecule has 8 nitrogen and oxygen atoms in total. The highest BCUT2D eigenvalue weighted by atomic mass is 32.2. The molecule has 38 heavy (non-hydrogen) atoms. The first-order valence-electron chi connectivity index (χ1n) is 13.9. The Morgan fingerprint density at radius 2 is 1.92 bits per heavy atom. The Labute approximate surface area is 227 Å². The van der Waals surface area contributed by atoms with Crippen molar-refractivity contribution in [1.82, 2.24) is 10.2 Å². The minimum atomic E-state index is -3.30. The number of carbonyl (C=O) groups is 1. The van der Waals surface area contributed by atoms with E-state index in [-0.39, 0.29) is 28.2 Å². The fourth-order valence-electron chi connectivity index (χ4n) is 6.30. The maximum atomic E-state index is 14.6. The molecule has 2 aliphatic rings. The molecule has 5 N–H and O–H groups in total. The van der Waals surface area contributed by atoms with Crippen LogP contribution in [0.5, 0.6) is 0 Å². The van der Waals surface area contributed by atoms with E-state index >= 15 is 0 Å². The van der Waals surface area contributed by atoms with Gasteiger partial charge in [0.25, 0.3) is 0 Å². The van der Waals surface area contributed by atoms with Gasteiger partial charge in [0.05, 0.1) is 23.0 Å². The van der Waals surface area contributed by atoms with Crippen LogP contribution in [0.4, 0.5) is 4.39 Å². The molecule has 6 atom stereocenters. The van der Waals surface area contributed by atoms with E-state index in [0.29, 0.717) is 19.4 Å². The van der Waals surface area contributed by atoms with Crippen LogP contribution in [0.3, 0.4) is 0 Å². The third kappa shape index (κ3) is 7.61. The topological polar surface area (TPSA) is 131 Å². The maximum absolute atomic E-state index is 14.6. The van der Waals surface area contributed by atoms with Crippen LogP contribution in [0.2, 0.25) is 0 Å². The summed E-state index contributed by atoms with van der Waals surface area (Å²) in [6, 6.07) is 6.18. The first-order chi connectivity index (χ1) is 17.9. The molecule has 0 spiro atoms. The average Bonchev–Trinajstić information content (AvgIpc) is 2.84. The van der Waals surface area contributed by atoms with Crippen molar-refractivity contribution in [3.8, 4) is 0 Å². The molecule has 0 aliphatic carbocycles. The zero-order valence-electron chi connectivity index (χ0n) is 23.3. The first kappa shape index (κ1) is 30.7. The molecule has 1 fully saturated rings. The predicted octanol–water partition coefficient (Wildman–Crippen LogP) is 3.01. The van der Waals surface area contributed by atoms with Crippen LogP contribution in [0.15, 0.2) is 34.2 Å². The van der Waals surface area contributed by atoms with Gasteiger partial charge < -0.3 is 21.7 Å². The number of nitrogens with two attached hydrogens (primary N) is 2. The van der Waals surface area contributed by atoms with Crippen molar-refractivity contribution in [3.05, 3.63) is 29.8 Å². The quantitative estimate of drug-likeness (QED) is 0.405. The van der Waals surface area contributed by atoms with Gasteiger partial charge in [-0.15, -0.1) is 0 Å². The molecule has 1 amide bonds. The average molecular weight is 552 g/mol. The summed E-state index contributed by atoms with van der Waals surface area (Å²) in [4.78, 5) is 20.8. The maximum Gasteiger partial charge on any atom is 0.228 e. The number of nitrogens with zero attached hydrogens (tertiary/aromatic N) is 2. The number of likely N-dealkylation sites (tertiary alicyclic amines) is 1. The summed E-state index contributed by atoms with van der Waals surface area (Å²) in [6.45, 7) is 5.74. The van der Waals surface area contributed by atoms with Crippen molar-refractivity contribution in [2.75, 3.05) is 26.4 Å². The number of benzene rings is 1. The van der Waals surface area contributed by atoms with Gasteiger partial charge in [-0.2, -0.15) is 0 Å². The number of sulfone groups is 1. The van der Waals surface area contributed by atoms with Crippen molar-refractivity contribution in [1.29, 1.82) is 0 Å². The summed E-state index contributed by atoms with van der Waals surface area (Å²) in [6.07, 6.45) is 5.85. The molecule has 1 aromatic rings. The molecule has 3 rings (SSSR count). The van der Waals surface area contributed by atoms with Crippen LogP contribution in [0, 0.1) is 11.3 Å². The van der Waals surface area contributed by atoms with Gasteiger partial charge in [0.2, 0.25) is 5.91 Å². The van der Waals surface area contributed by atoms with E-state index in [2.05, 4.69) is 29.1 Å². The van der Waals surface area contributed by atoms with E-state index in [4.69, 9.17) is 11.5 Å². The molecule has 6 unspecified atom stereocenters. The normalized spacial score (nSPS) is 30.0. The van der Waals surface area contributed by atoms with Crippen molar-refractivity contribution >= 4 is 22.0 Å². The Hall–Kier alpha value is -1.88. The summed E-state index contributed by atoms with van der Waals surface area (Å²) in [5, 5.41) is 3.22. The minimum Gasteiger partial charge on any atom is -0.351 e. The molecule has 0 radical (unpaired) electrons. The molecule has 10 heteroatoms. The van der Waals surface area contributed by atoms with Gasteiger partial charge in [-0.05, 0) is 68.8 Å². The Morgan fingerprint density at radius 1 is 1.24 bits per heavy atom. The van der Waals surface area contributed by atoms with Gasteiger partial charge in [-0.3, -0.25) is 9.79 Å². The number of hydrogen-bond acceptors (Lipinski definition) is 7. The van der Waals surface area contributed by atoms with E-state index in [9.17, 15) is 17.6 Å². The number of carbonyl (C=O) groups excluding carboxylic acids is 1. The van der Waals surface area contributed by atoms with Gasteiger partial charge >= 0.3 is 0 Å². The summed E-state index contributed by atoms with van der Waals surface area (Å²) in [5.41, 5.74) is 13.3. The molecular weight excluding hydrogens is 505 g/mol. The lowest BCUT2D eigenvalue weighted by Crippen LogP contribution is -2.58. The molecule has 1 aromatic carbocycles. The van der Waals surface area contributed by atoms with E-state index in [1.165, 1.54) is 12.5 Å². The van der Waals surface area contributed by atoms with Crippen LogP contribution in [-0.2, 0) is 14.6 Å². The Balaban J connectivity index is 1.87. The lowest BCUT2D eigenvalue weighted by atomic mass is 9.69. The molecule has 0 aromatic heterocycles. The summed E-state index contributed by atoms with van der Waals surface area (Å²) in [5.74, 6) is -1.05. The lowest BCUT2D eigenvalue weighted by molar-refractivity contribution is -0.127. The van der Waals surface area contributed by atoms with E-state index in [1.807, 2.05) is 19.2 Å². The van der Waals surface area contributed by atoms with Gasteiger partial charge in [0.15, 0.2) is 9.84 Å². The van der Waals surface area contributed by atoms with Gasteiger partial charge in [-0.25, -0.2) is 12.8 Å². The number of halogens is 1. The number of amides is 1. The van der Waals surface area contributed by atoms with Gasteiger partial charge in [0.1, 0.15) is 6.17 Å². The Bertz CT molecular complexity index is 1060. The number of alkyl halides is 1. The zero-order valence-corrected chi connectivity index (χ0v) is 24.1. The second-order valence-electron chi connectivity index (χ2n) is 11.4. The molecule has 0 saturated carbocycles. The van der Waals surface area contributed by atoms with E-state index < -0.39 is 34.1 Å². The summed E-state index contributed by atoms with van der Waals surface area (Å²) < 4.78 is 38.4. The van der Waals surface area contributed by atoms with Gasteiger partial charge in [-0.1, -0.05) is 38.8 Å². The number of hydrogen-bond donors (Lipinski definition) is 3. The number of likely N-dealkylation sites (N-methyl/N-ethyl adjacent to an activating group) is 1. The smallest absolute Gasteiger partial charge is 0.228 e. The number of aliphatic imine (C=N–C) groups is 1. The fourth-order valence-corrected chi connectivity index (χ4v) is 6.93. The van der Waals surface area contributed by atoms with Crippen molar-refractivity contribution < 1.29 is 17.6 Å². The van der Waals surface area contributed by atoms with Crippen LogP contribution in [0.1, 0.15) is 70.3 Å². The zero-order chi connectivity index (χ0) is 28.1. The Kier molecular flexibility index (Phi) is 10.5. The minimum absolute atomic E-state index is 0.00397. The molecule has 2 aliphatic heterocycles. The van der Waals surface area contributed by atoms with Crippen LogP contribution >= 0.6 is 0 Å². The molecule has 0 bridgehead atoms. The second-order valence-corrected chi connectivity index (χ2v) is 13.5. The summed E-state index contributed by atoms with van der Waals surface area (Å²) in [7, 11) is -1.29. The van der Waals surface area contributed by atoms with Crippen LogP contribution < -0.4 is 16.8 Å². The Morgan fingerprint density at radius 3 is 2.50 bits per heavy atom. The molecular formula is C28H46FN5O3S. The molecule has 2 heterocycles. The predicted molar refractivity (Wildman–Crippen MR) is 151 cm³/mol. The van der Waals surface area contributed by atoms with Crippen molar-refractivity contribution in [2.24, 2.45) is 27.8 Å². The standard InChI is InChI=1S/C28H46FN5O3S/c1-5-13-28(6-2)14-11-20(29)17-32-23(16-28)25(26(30)31)27(35)33-24-18-34(3)15-12-22(24)19-7-9-21(10-8-19)38(4,36)37/h7-10,17,20,22-26H,5-6,11-16,18,30-31H2,1-4H3,(H,33,35). The highest BCUT2D eigenvalue weighted by Crippen LogP contribution is 2.42. The molecule has 214 valence electrons. The highest BCUT2D eigenvalue weighted by molar-refractivity contribution is 7.90. The van der Waals surface area contributed by atoms with Gasteiger partial charge in [0, 0.05) is 31.0 Å². The highest BCUT2D eigenvalue weighted by Gasteiger charge is 2.41. The number of nitrogens with one attached hydrogen (secondary N) is 1. The SMILES string of the molecule is CCCC1(CC)CCC(F)C=NC(C(C(=O)NC2CN(C)CCC2c2ccc(S(C)(=O)=O)cc2)C(N)N)C1. The van der Waals surface area contributed by atoms with Crippen molar-refractivity contribution in [3.63, 3.8) is 0 Å².